The van der Waals surface area contributed by atoms with Crippen molar-refractivity contribution >= 4 is 54.3 Å². The van der Waals surface area contributed by atoms with Crippen LogP contribution in [0.25, 0.3) is 0 Å². The van der Waals surface area contributed by atoms with Gasteiger partial charge in [-0.25, -0.2) is 14.4 Å². The van der Waals surface area contributed by atoms with Crippen molar-refractivity contribution < 1.29 is 29.0 Å². The van der Waals surface area contributed by atoms with Crippen LogP contribution in [0.15, 0.2) is 66.7 Å². The Morgan fingerprint density at radius 1 is 0.714 bits per heavy atom. The molecule has 4 N–H and O–H groups in total. The first-order chi connectivity index (χ1) is 20.3. The molecule has 0 unspecified atom stereocenters. The highest BCUT2D eigenvalue weighted by Crippen LogP contribution is 2.23. The quantitative estimate of drug-likeness (QED) is 0.219. The van der Waals surface area contributed by atoms with Gasteiger partial charge < -0.3 is 24.8 Å². The standard InChI is InChI=1S/C30H40N4O6Si2/c1-34(10-11-35)28(36)31-25-8-4-6-21(15-25)12-23-14-24(18-27(17-23)33-30(38)40-20-42-3)13-22-7-5-9-26(16-22)32-29(37)39-19-41-2/h4-9,14-18,35H,10-13,19-20,41-42H2,1-3H3,(H,31,36)(H,32,37)(H,33,38). The third-order valence-corrected chi connectivity index (χ3v) is 7.35. The van der Waals surface area contributed by atoms with Crippen molar-refractivity contribution in [1.29, 1.82) is 0 Å². The molecule has 3 aromatic carbocycles. The summed E-state index contributed by atoms with van der Waals surface area (Å²) in [6.07, 6.45) is 1.15. The van der Waals surface area contributed by atoms with Crippen LogP contribution in [0.2, 0.25) is 13.1 Å². The van der Waals surface area contributed by atoms with Crippen LogP contribution in [0.4, 0.5) is 31.4 Å². The van der Waals surface area contributed by atoms with Crippen LogP contribution < -0.4 is 16.0 Å². The summed E-state index contributed by atoms with van der Waals surface area (Å²) in [6.45, 7) is 4.27. The number of aliphatic hydroxyl groups excluding tert-OH is 1. The predicted octanol–water partition coefficient (Wildman–Crippen LogP) is 3.77. The first-order valence-corrected chi connectivity index (χ1v) is 18.9. The summed E-state index contributed by atoms with van der Waals surface area (Å²) >= 11 is 0. The number of rotatable bonds is 13. The molecular formula is C30H40N4O6Si2. The normalized spacial score (nSPS) is 11.0. The van der Waals surface area contributed by atoms with E-state index in [0.29, 0.717) is 42.4 Å². The number of nitrogens with one attached hydrogen (secondary N) is 3. The molecule has 12 heteroatoms. The Balaban J connectivity index is 1.82. The molecule has 3 rings (SSSR count). The molecule has 0 radical (unpaired) electrons. The molecular weight excluding hydrogens is 569 g/mol. The summed E-state index contributed by atoms with van der Waals surface area (Å²) in [5.41, 5.74) is 5.82. The monoisotopic (exact) mass is 608 g/mol. The number of likely N-dealkylation sites (N-methyl/N-ethyl adjacent to an activating group) is 1. The molecule has 0 aromatic heterocycles. The summed E-state index contributed by atoms with van der Waals surface area (Å²) in [6, 6.07) is 20.8. The van der Waals surface area contributed by atoms with Gasteiger partial charge in [0, 0.05) is 30.7 Å². The van der Waals surface area contributed by atoms with Crippen LogP contribution in [0.1, 0.15) is 22.3 Å². The Hall–Kier alpha value is -4.14. The Morgan fingerprint density at radius 2 is 1.19 bits per heavy atom. The van der Waals surface area contributed by atoms with E-state index in [9.17, 15) is 14.4 Å². The van der Waals surface area contributed by atoms with E-state index in [4.69, 9.17) is 14.6 Å². The van der Waals surface area contributed by atoms with E-state index in [1.54, 1.807) is 7.05 Å². The average Bonchev–Trinajstić information content (AvgIpc) is 2.95. The van der Waals surface area contributed by atoms with Crippen molar-refractivity contribution in [1.82, 2.24) is 4.90 Å². The zero-order valence-corrected chi connectivity index (χ0v) is 27.3. The lowest BCUT2D eigenvalue weighted by atomic mass is 9.98. The maximum Gasteiger partial charge on any atom is 0.411 e. The maximum absolute atomic E-state index is 12.4. The summed E-state index contributed by atoms with van der Waals surface area (Å²) in [5, 5.41) is 17.6. The average molecular weight is 609 g/mol. The highest BCUT2D eigenvalue weighted by atomic mass is 28.2. The van der Waals surface area contributed by atoms with Crippen molar-refractivity contribution in [3.05, 3.63) is 89.0 Å². The van der Waals surface area contributed by atoms with Gasteiger partial charge in [-0.1, -0.05) is 43.4 Å². The molecule has 0 heterocycles. The number of carbonyl (C=O) groups is 3. The molecule has 0 aliphatic heterocycles. The van der Waals surface area contributed by atoms with Crippen LogP contribution in [-0.2, 0) is 22.3 Å². The van der Waals surface area contributed by atoms with Gasteiger partial charge in [0.1, 0.15) is 0 Å². The van der Waals surface area contributed by atoms with Crippen molar-refractivity contribution in [2.75, 3.05) is 48.6 Å². The molecule has 0 saturated heterocycles. The number of hydrogen-bond donors (Lipinski definition) is 4. The van der Waals surface area contributed by atoms with E-state index >= 15 is 0 Å². The van der Waals surface area contributed by atoms with E-state index < -0.39 is 21.7 Å². The van der Waals surface area contributed by atoms with Crippen molar-refractivity contribution in [2.24, 2.45) is 0 Å². The summed E-state index contributed by atoms with van der Waals surface area (Å²) in [4.78, 5) is 38.2. The molecule has 0 aliphatic rings. The van der Waals surface area contributed by atoms with E-state index in [1.165, 1.54) is 4.90 Å². The minimum atomic E-state index is -0.482. The van der Waals surface area contributed by atoms with Crippen LogP contribution >= 0.6 is 0 Å². The summed E-state index contributed by atoms with van der Waals surface area (Å²) < 4.78 is 10.5. The number of hydrogen-bond acceptors (Lipinski definition) is 6. The topological polar surface area (TPSA) is 129 Å². The minimum absolute atomic E-state index is 0.113. The van der Waals surface area contributed by atoms with Gasteiger partial charge in [0.15, 0.2) is 0 Å². The van der Waals surface area contributed by atoms with Crippen LogP contribution in [-0.4, -0.2) is 79.9 Å². The predicted molar refractivity (Wildman–Crippen MR) is 172 cm³/mol. The van der Waals surface area contributed by atoms with Gasteiger partial charge in [-0.2, -0.15) is 0 Å². The van der Waals surface area contributed by atoms with Crippen molar-refractivity contribution in [3.8, 4) is 0 Å². The van der Waals surface area contributed by atoms with Crippen LogP contribution in [0.3, 0.4) is 0 Å². The first-order valence-electron chi connectivity index (χ1n) is 14.1. The lowest BCUT2D eigenvalue weighted by molar-refractivity contribution is 0.179. The van der Waals surface area contributed by atoms with Crippen molar-refractivity contribution in [2.45, 2.75) is 25.9 Å². The Labute approximate surface area is 251 Å². The van der Waals surface area contributed by atoms with Crippen LogP contribution in [0.5, 0.6) is 0 Å². The largest absolute Gasteiger partial charge is 0.454 e. The molecule has 0 atom stereocenters. The van der Waals surface area contributed by atoms with Gasteiger partial charge in [0.25, 0.3) is 0 Å². The number of carbonyl (C=O) groups excluding carboxylic acids is 3. The minimum Gasteiger partial charge on any atom is -0.454 e. The molecule has 3 aromatic rings. The second-order valence-electron chi connectivity index (χ2n) is 9.89. The second kappa shape index (κ2) is 17.0. The number of aliphatic hydroxyl groups is 1. The molecule has 0 bridgehead atoms. The fourth-order valence-corrected chi connectivity index (χ4v) is 4.98. The highest BCUT2D eigenvalue weighted by molar-refractivity contribution is 6.33. The zero-order valence-electron chi connectivity index (χ0n) is 24.4. The molecule has 224 valence electrons. The van der Waals surface area contributed by atoms with E-state index in [1.807, 2.05) is 60.7 Å². The summed E-state index contributed by atoms with van der Waals surface area (Å²) in [5.74, 6) is 0. The summed E-state index contributed by atoms with van der Waals surface area (Å²) in [7, 11) is 0.833. The number of anilines is 3. The highest BCUT2D eigenvalue weighted by Gasteiger charge is 2.11. The van der Waals surface area contributed by atoms with Crippen molar-refractivity contribution in [3.63, 3.8) is 0 Å². The second-order valence-corrected chi connectivity index (χ2v) is 12.7. The molecule has 0 fully saturated rings. The third kappa shape index (κ3) is 11.0. The third-order valence-electron chi connectivity index (χ3n) is 6.12. The van der Waals surface area contributed by atoms with E-state index in [0.717, 1.165) is 22.3 Å². The molecule has 4 amide bonds. The van der Waals surface area contributed by atoms with E-state index in [-0.39, 0.29) is 28.7 Å². The van der Waals surface area contributed by atoms with Gasteiger partial charge in [-0.3, -0.25) is 10.6 Å². The maximum atomic E-state index is 12.4. The SMILES string of the molecule is C[SiH2]COC(=O)Nc1cccc(Cc2cc(Cc3cccc(NC(=O)N(C)CCO)c3)cc(NC(=O)OC[SiH2]C)c2)c1. The van der Waals surface area contributed by atoms with Gasteiger partial charge in [-0.15, -0.1) is 0 Å². The van der Waals surface area contributed by atoms with Gasteiger partial charge >= 0.3 is 18.2 Å². The molecule has 0 spiro atoms. The molecule has 10 nitrogen and oxygen atoms in total. The number of amides is 4. The molecule has 0 saturated carbocycles. The fourth-order valence-electron chi connectivity index (χ4n) is 4.20. The lowest BCUT2D eigenvalue weighted by Crippen LogP contribution is -2.33. The number of ether oxygens (including phenoxy) is 2. The first kappa shape index (κ1) is 32.4. The van der Waals surface area contributed by atoms with Gasteiger partial charge in [-0.05, 0) is 71.5 Å². The number of nitrogens with zero attached hydrogens (tertiary/aromatic N) is 1. The van der Waals surface area contributed by atoms with E-state index in [2.05, 4.69) is 35.1 Å². The number of urea groups is 1. The Bertz CT molecular complexity index is 1360. The fraction of sp³-hybridized carbons (Fsp3) is 0.300. The van der Waals surface area contributed by atoms with Gasteiger partial charge in [0.05, 0.1) is 38.1 Å². The zero-order chi connectivity index (χ0) is 30.3. The molecule has 42 heavy (non-hydrogen) atoms. The van der Waals surface area contributed by atoms with Gasteiger partial charge in [0.2, 0.25) is 0 Å². The van der Waals surface area contributed by atoms with Crippen LogP contribution in [0, 0.1) is 0 Å². The molecule has 0 aliphatic carbocycles. The smallest absolute Gasteiger partial charge is 0.411 e. The lowest BCUT2D eigenvalue weighted by Gasteiger charge is -2.17. The number of benzene rings is 3. The Kier molecular flexibility index (Phi) is 13.1. The Morgan fingerprint density at radius 3 is 1.69 bits per heavy atom.